The van der Waals surface area contributed by atoms with Crippen molar-refractivity contribution in [2.24, 2.45) is 0 Å². The molecule has 2 aromatic carbocycles. The minimum atomic E-state index is -0.108. The largest absolute Gasteiger partial charge is 0.381 e. The molecule has 1 fully saturated rings. The van der Waals surface area contributed by atoms with E-state index in [-0.39, 0.29) is 5.91 Å². The topological polar surface area (TPSA) is 50.4 Å². The highest BCUT2D eigenvalue weighted by Gasteiger charge is 2.16. The summed E-state index contributed by atoms with van der Waals surface area (Å²) in [5.41, 5.74) is 6.41. The maximum Gasteiger partial charge on any atom is 0.265 e. The Kier molecular flexibility index (Phi) is 12.4. The van der Waals surface area contributed by atoms with Crippen LogP contribution in [0.25, 0.3) is 6.08 Å². The summed E-state index contributed by atoms with van der Waals surface area (Å²) in [5.74, 6) is 0.430. The van der Waals surface area contributed by atoms with Gasteiger partial charge in [-0.1, -0.05) is 64.6 Å². The van der Waals surface area contributed by atoms with E-state index in [1.54, 1.807) is 6.08 Å². The first-order valence-corrected chi connectivity index (χ1v) is 13.9. The molecule has 4 nitrogen and oxygen atoms in total. The van der Waals surface area contributed by atoms with Crippen molar-refractivity contribution < 1.29 is 9.53 Å². The van der Waals surface area contributed by atoms with Gasteiger partial charge in [-0.25, -0.2) is 0 Å². The summed E-state index contributed by atoms with van der Waals surface area (Å²) in [6.45, 7) is 17.7. The van der Waals surface area contributed by atoms with Gasteiger partial charge in [0.2, 0.25) is 0 Å². The Labute approximate surface area is 221 Å². The Bertz CT molecular complexity index is 1110. The number of benzene rings is 2. The minimum absolute atomic E-state index is 0.108. The molecule has 1 unspecified atom stereocenters. The summed E-state index contributed by atoms with van der Waals surface area (Å²) >= 11 is 1.46. The number of nitrogens with one attached hydrogen (secondary N) is 2. The van der Waals surface area contributed by atoms with Crippen molar-refractivity contribution in [2.45, 2.75) is 66.7 Å². The van der Waals surface area contributed by atoms with Gasteiger partial charge in [-0.3, -0.25) is 4.79 Å². The Morgan fingerprint density at radius 3 is 2.56 bits per heavy atom. The lowest BCUT2D eigenvalue weighted by atomic mass is 9.91. The second-order valence-electron chi connectivity index (χ2n) is 8.36. The molecule has 0 radical (unpaired) electrons. The normalized spacial score (nSPS) is 14.8. The number of aryl methyl sites for hydroxylation is 2. The molecule has 2 N–H and O–H groups in total. The lowest BCUT2D eigenvalue weighted by Crippen LogP contribution is -2.12. The Morgan fingerprint density at radius 1 is 1.03 bits per heavy atom. The molecular weight excluding hydrogens is 464 g/mol. The summed E-state index contributed by atoms with van der Waals surface area (Å²) in [6, 6.07) is 16.4. The van der Waals surface area contributed by atoms with Crippen LogP contribution in [0.2, 0.25) is 0 Å². The maximum absolute atomic E-state index is 12.9. The van der Waals surface area contributed by atoms with Gasteiger partial charge in [0.15, 0.2) is 0 Å². The molecule has 1 saturated heterocycles. The van der Waals surface area contributed by atoms with E-state index < -0.39 is 0 Å². The Balaban J connectivity index is 0.00000109. The van der Waals surface area contributed by atoms with Crippen LogP contribution in [0.4, 0.5) is 16.4 Å². The predicted molar refractivity (Wildman–Crippen MR) is 158 cm³/mol. The maximum atomic E-state index is 12.9. The SMILES string of the molecule is C=Cc1cccc(C)c1NC(=O)c1ccc(Nc2cc(C)cc(C3CCCOCC3)c2)s1.CC.CC. The number of hydrogen-bond acceptors (Lipinski definition) is 4. The summed E-state index contributed by atoms with van der Waals surface area (Å²) in [7, 11) is 0. The van der Waals surface area contributed by atoms with Crippen LogP contribution < -0.4 is 10.6 Å². The lowest BCUT2D eigenvalue weighted by molar-refractivity contribution is 0.103. The highest BCUT2D eigenvalue weighted by atomic mass is 32.1. The highest BCUT2D eigenvalue weighted by molar-refractivity contribution is 7.18. The summed E-state index contributed by atoms with van der Waals surface area (Å²) < 4.78 is 5.63. The molecule has 0 spiro atoms. The van der Waals surface area contributed by atoms with E-state index in [0.717, 1.165) is 60.0 Å². The van der Waals surface area contributed by atoms with Crippen molar-refractivity contribution >= 4 is 39.7 Å². The third kappa shape index (κ3) is 8.07. The van der Waals surface area contributed by atoms with Gasteiger partial charge in [0.25, 0.3) is 5.91 Å². The molecule has 0 bridgehead atoms. The second kappa shape index (κ2) is 15.3. The fourth-order valence-electron chi connectivity index (χ4n) is 4.23. The first-order valence-electron chi connectivity index (χ1n) is 13.1. The zero-order chi connectivity index (χ0) is 26.5. The van der Waals surface area contributed by atoms with Crippen LogP contribution in [-0.4, -0.2) is 19.1 Å². The quantitative estimate of drug-likeness (QED) is 0.350. The molecule has 3 aromatic rings. The van der Waals surface area contributed by atoms with Crippen molar-refractivity contribution in [3.8, 4) is 0 Å². The fraction of sp³-hybridized carbons (Fsp3) is 0.387. The number of ether oxygens (including phenoxy) is 1. The third-order valence-corrected chi connectivity index (χ3v) is 6.88. The van der Waals surface area contributed by atoms with Gasteiger partial charge in [0.1, 0.15) is 0 Å². The molecule has 0 saturated carbocycles. The Hall–Kier alpha value is -2.89. The van der Waals surface area contributed by atoms with Crippen LogP contribution in [0, 0.1) is 13.8 Å². The molecule has 4 rings (SSSR count). The molecule has 1 aliphatic heterocycles. The van der Waals surface area contributed by atoms with Gasteiger partial charge in [0.05, 0.1) is 15.6 Å². The Morgan fingerprint density at radius 2 is 1.81 bits per heavy atom. The smallest absolute Gasteiger partial charge is 0.265 e. The molecule has 5 heteroatoms. The first-order chi connectivity index (χ1) is 17.5. The third-order valence-electron chi connectivity index (χ3n) is 5.88. The number of thiophene rings is 1. The van der Waals surface area contributed by atoms with Gasteiger partial charge in [-0.05, 0) is 85.5 Å². The van der Waals surface area contributed by atoms with E-state index >= 15 is 0 Å². The monoisotopic (exact) mass is 506 g/mol. The fourth-order valence-corrected chi connectivity index (χ4v) is 5.06. The van der Waals surface area contributed by atoms with Crippen molar-refractivity contribution in [1.82, 2.24) is 0 Å². The predicted octanol–water partition coefficient (Wildman–Crippen LogP) is 9.34. The van der Waals surface area contributed by atoms with Gasteiger partial charge < -0.3 is 15.4 Å². The number of carbonyl (C=O) groups is 1. The zero-order valence-corrected chi connectivity index (χ0v) is 23.6. The van der Waals surface area contributed by atoms with Crippen LogP contribution in [0.3, 0.4) is 0 Å². The van der Waals surface area contributed by atoms with Crippen LogP contribution in [0.15, 0.2) is 55.1 Å². The molecular formula is C31H42N2O2S. The zero-order valence-electron chi connectivity index (χ0n) is 22.7. The number of rotatable bonds is 6. The van der Waals surface area contributed by atoms with E-state index in [4.69, 9.17) is 4.74 Å². The molecule has 0 aliphatic carbocycles. The highest BCUT2D eigenvalue weighted by Crippen LogP contribution is 2.33. The standard InChI is InChI=1S/C27H30N2O2S.2C2H6/c1-4-20-8-5-7-19(3)26(20)29-27(30)24-10-11-25(32-24)28-23-16-18(2)15-22(17-23)21-9-6-13-31-14-12-21;2*1-2/h4-5,7-8,10-11,15-17,21,28H,1,6,9,12-14H2,2-3H3,(H,29,30);2*1-2H3. The van der Waals surface area contributed by atoms with Gasteiger partial charge in [-0.15, -0.1) is 11.3 Å². The van der Waals surface area contributed by atoms with E-state index in [9.17, 15) is 4.79 Å². The van der Waals surface area contributed by atoms with Crippen molar-refractivity contribution in [1.29, 1.82) is 0 Å². The molecule has 1 atom stereocenters. The summed E-state index contributed by atoms with van der Waals surface area (Å²) in [5, 5.41) is 7.50. The number of para-hydroxylation sites is 1. The molecule has 1 aliphatic rings. The summed E-state index contributed by atoms with van der Waals surface area (Å²) in [6.07, 6.45) is 5.11. The average Bonchev–Trinajstić information content (AvgIpc) is 3.19. The van der Waals surface area contributed by atoms with Gasteiger partial charge in [-0.2, -0.15) is 0 Å². The second-order valence-corrected chi connectivity index (χ2v) is 9.44. The van der Waals surface area contributed by atoms with Crippen molar-refractivity contribution in [3.63, 3.8) is 0 Å². The molecule has 36 heavy (non-hydrogen) atoms. The van der Waals surface area contributed by atoms with E-state index in [1.807, 2.05) is 65.0 Å². The summed E-state index contributed by atoms with van der Waals surface area (Å²) in [4.78, 5) is 13.5. The molecule has 1 amide bonds. The molecule has 2 heterocycles. The van der Waals surface area contributed by atoms with Crippen LogP contribution in [-0.2, 0) is 4.74 Å². The van der Waals surface area contributed by atoms with E-state index in [2.05, 4.69) is 42.3 Å². The van der Waals surface area contributed by atoms with Crippen LogP contribution in [0.1, 0.15) is 84.8 Å². The molecule has 194 valence electrons. The number of carbonyl (C=O) groups excluding carboxylic acids is 1. The van der Waals surface area contributed by atoms with Gasteiger partial charge >= 0.3 is 0 Å². The number of hydrogen-bond donors (Lipinski definition) is 2. The minimum Gasteiger partial charge on any atom is -0.381 e. The number of amides is 1. The van der Waals surface area contributed by atoms with E-state index in [1.165, 1.54) is 22.5 Å². The molecule has 1 aromatic heterocycles. The van der Waals surface area contributed by atoms with Crippen LogP contribution >= 0.6 is 11.3 Å². The van der Waals surface area contributed by atoms with Crippen molar-refractivity contribution in [2.75, 3.05) is 23.8 Å². The van der Waals surface area contributed by atoms with Gasteiger partial charge in [0, 0.05) is 18.9 Å². The van der Waals surface area contributed by atoms with Crippen molar-refractivity contribution in [3.05, 3.63) is 82.2 Å². The number of anilines is 3. The lowest BCUT2D eigenvalue weighted by Gasteiger charge is -2.16. The average molecular weight is 507 g/mol. The van der Waals surface area contributed by atoms with E-state index in [0.29, 0.717) is 10.8 Å². The van der Waals surface area contributed by atoms with Crippen LogP contribution in [0.5, 0.6) is 0 Å². The first kappa shape index (κ1) is 29.3.